The summed E-state index contributed by atoms with van der Waals surface area (Å²) in [6, 6.07) is 15.2. The number of aliphatic carboxylic acids is 1. The van der Waals surface area contributed by atoms with Gasteiger partial charge in [0.1, 0.15) is 18.8 Å². The van der Waals surface area contributed by atoms with E-state index in [1.54, 1.807) is 0 Å². The summed E-state index contributed by atoms with van der Waals surface area (Å²) in [7, 11) is 0. The molecular formula is C26H28N2O7. The number of benzene rings is 2. The number of alkyl carbamates (subject to hydrolysis) is 1. The van der Waals surface area contributed by atoms with Crippen LogP contribution in [0.25, 0.3) is 11.1 Å². The van der Waals surface area contributed by atoms with Crippen LogP contribution in [0.15, 0.2) is 48.5 Å². The van der Waals surface area contributed by atoms with Gasteiger partial charge in [0.25, 0.3) is 5.91 Å². The Bertz CT molecular complexity index is 1090. The molecule has 1 aliphatic carbocycles. The Kier molecular flexibility index (Phi) is 6.44. The number of carboxylic acids is 1. The Balaban J connectivity index is 1.11. The van der Waals surface area contributed by atoms with Crippen LogP contribution in [0.5, 0.6) is 0 Å². The quantitative estimate of drug-likeness (QED) is 0.578. The van der Waals surface area contributed by atoms with Gasteiger partial charge in [0.2, 0.25) is 0 Å². The normalized spacial score (nSPS) is 25.2. The number of carbonyl (C=O) groups is 3. The van der Waals surface area contributed by atoms with Crippen molar-refractivity contribution in [2.24, 2.45) is 0 Å². The third kappa shape index (κ3) is 4.61. The maximum Gasteiger partial charge on any atom is 0.407 e. The first kappa shape index (κ1) is 23.3. The number of carboxylic acid groups (broad SMARTS) is 1. The SMILES string of the molecule is O=C(NCC1CCC(C(=O)N2C[C@@H](O)C[C@H]2C(=O)O)O1)OCC1c2ccccc2-c2ccccc21. The molecule has 0 radical (unpaired) electrons. The van der Waals surface area contributed by atoms with Gasteiger partial charge in [0.15, 0.2) is 0 Å². The molecule has 2 unspecified atom stereocenters. The fourth-order valence-corrected chi connectivity index (χ4v) is 5.36. The predicted octanol–water partition coefficient (Wildman–Crippen LogP) is 2.12. The zero-order valence-corrected chi connectivity index (χ0v) is 19.1. The molecule has 3 aliphatic rings. The fraction of sp³-hybridized carbons (Fsp3) is 0.423. The summed E-state index contributed by atoms with van der Waals surface area (Å²) in [5, 5.41) is 21.8. The number of carbonyl (C=O) groups excluding carboxylic acids is 2. The van der Waals surface area contributed by atoms with E-state index < -0.39 is 36.2 Å². The number of ether oxygens (including phenoxy) is 2. The maximum atomic E-state index is 12.8. The molecule has 3 N–H and O–H groups in total. The summed E-state index contributed by atoms with van der Waals surface area (Å²) >= 11 is 0. The van der Waals surface area contributed by atoms with Crippen molar-refractivity contribution in [1.29, 1.82) is 0 Å². The summed E-state index contributed by atoms with van der Waals surface area (Å²) in [5.41, 5.74) is 4.58. The lowest BCUT2D eigenvalue weighted by Gasteiger charge is -2.24. The van der Waals surface area contributed by atoms with Gasteiger partial charge >= 0.3 is 12.1 Å². The van der Waals surface area contributed by atoms with E-state index in [4.69, 9.17) is 9.47 Å². The van der Waals surface area contributed by atoms with Crippen molar-refractivity contribution in [2.45, 2.75) is 49.5 Å². The molecule has 0 bridgehead atoms. The second kappa shape index (κ2) is 9.67. The monoisotopic (exact) mass is 480 g/mol. The Labute approximate surface area is 202 Å². The number of fused-ring (bicyclic) bond motifs is 3. The zero-order chi connectivity index (χ0) is 24.5. The van der Waals surface area contributed by atoms with E-state index in [9.17, 15) is 24.6 Å². The molecule has 184 valence electrons. The van der Waals surface area contributed by atoms with Gasteiger partial charge < -0.3 is 29.9 Å². The average molecular weight is 481 g/mol. The lowest BCUT2D eigenvalue weighted by atomic mass is 9.98. The van der Waals surface area contributed by atoms with E-state index in [-0.39, 0.29) is 38.1 Å². The number of nitrogens with one attached hydrogen (secondary N) is 1. The van der Waals surface area contributed by atoms with Gasteiger partial charge in [-0.05, 0) is 35.1 Å². The van der Waals surface area contributed by atoms with Crippen molar-refractivity contribution in [3.63, 3.8) is 0 Å². The number of likely N-dealkylation sites (tertiary alicyclic amines) is 1. The largest absolute Gasteiger partial charge is 0.480 e. The van der Waals surface area contributed by atoms with Crippen LogP contribution in [0.1, 0.15) is 36.3 Å². The topological polar surface area (TPSA) is 125 Å². The standard InChI is InChI=1S/C26H28N2O7/c29-15-11-22(25(31)32)28(13-15)24(30)23-10-9-16(35-23)12-27-26(33)34-14-21-19-7-3-1-5-17(19)18-6-2-4-8-20(18)21/h1-8,15-16,21-23,29H,9-14H2,(H,27,33)(H,31,32)/t15-,16?,22-,23?/m0/s1. The molecule has 5 rings (SSSR count). The molecule has 2 aromatic carbocycles. The fourth-order valence-electron chi connectivity index (χ4n) is 5.36. The number of nitrogens with zero attached hydrogens (tertiary/aromatic N) is 1. The third-order valence-electron chi connectivity index (χ3n) is 7.05. The molecule has 4 atom stereocenters. The first-order valence-corrected chi connectivity index (χ1v) is 11.9. The second-order valence-corrected chi connectivity index (χ2v) is 9.26. The smallest absolute Gasteiger partial charge is 0.407 e. The Morgan fingerprint density at radius 1 is 1.03 bits per heavy atom. The molecule has 2 heterocycles. The summed E-state index contributed by atoms with van der Waals surface area (Å²) in [6.07, 6.45) is -1.58. The Morgan fingerprint density at radius 2 is 1.69 bits per heavy atom. The van der Waals surface area contributed by atoms with Crippen LogP contribution < -0.4 is 5.32 Å². The van der Waals surface area contributed by atoms with E-state index in [0.717, 1.165) is 22.3 Å². The molecule has 2 aromatic rings. The first-order chi connectivity index (χ1) is 16.9. The summed E-state index contributed by atoms with van der Waals surface area (Å²) in [4.78, 5) is 37.7. The molecule has 2 aliphatic heterocycles. The zero-order valence-electron chi connectivity index (χ0n) is 19.1. The molecule has 9 heteroatoms. The lowest BCUT2D eigenvalue weighted by Crippen LogP contribution is -2.46. The van der Waals surface area contributed by atoms with Crippen LogP contribution in [0, 0.1) is 0 Å². The van der Waals surface area contributed by atoms with E-state index in [0.29, 0.717) is 12.8 Å². The number of rotatable bonds is 6. The van der Waals surface area contributed by atoms with Gasteiger partial charge in [0.05, 0.1) is 12.2 Å². The molecule has 2 saturated heterocycles. The number of β-amino-alcohol motifs (C(OH)–C–C–N with tert-alkyl or cyclic N) is 1. The van der Waals surface area contributed by atoms with Gasteiger partial charge in [-0.2, -0.15) is 0 Å². The molecule has 0 saturated carbocycles. The van der Waals surface area contributed by atoms with E-state index in [2.05, 4.69) is 29.6 Å². The number of hydrogen-bond acceptors (Lipinski definition) is 6. The lowest BCUT2D eigenvalue weighted by molar-refractivity contribution is -0.153. The van der Waals surface area contributed by atoms with Gasteiger partial charge in [-0.1, -0.05) is 48.5 Å². The highest BCUT2D eigenvalue weighted by Crippen LogP contribution is 2.44. The molecule has 0 aromatic heterocycles. The van der Waals surface area contributed by atoms with Crippen molar-refractivity contribution in [1.82, 2.24) is 10.2 Å². The minimum absolute atomic E-state index is 0.0144. The minimum Gasteiger partial charge on any atom is -0.480 e. The molecule has 2 fully saturated rings. The average Bonchev–Trinajstić information content (AvgIpc) is 3.57. The van der Waals surface area contributed by atoms with Crippen molar-refractivity contribution >= 4 is 18.0 Å². The second-order valence-electron chi connectivity index (χ2n) is 9.26. The third-order valence-corrected chi connectivity index (χ3v) is 7.05. The van der Waals surface area contributed by atoms with E-state index in [1.165, 1.54) is 4.90 Å². The van der Waals surface area contributed by atoms with Crippen molar-refractivity contribution < 1.29 is 34.1 Å². The minimum atomic E-state index is -1.14. The van der Waals surface area contributed by atoms with Crippen LogP contribution >= 0.6 is 0 Å². The number of aliphatic hydroxyl groups is 1. The van der Waals surface area contributed by atoms with Crippen LogP contribution in [0.4, 0.5) is 4.79 Å². The highest BCUT2D eigenvalue weighted by molar-refractivity contribution is 5.87. The molecule has 0 spiro atoms. The molecule has 9 nitrogen and oxygen atoms in total. The van der Waals surface area contributed by atoms with Gasteiger partial charge in [-0.15, -0.1) is 0 Å². The van der Waals surface area contributed by atoms with E-state index in [1.807, 2.05) is 24.3 Å². The van der Waals surface area contributed by atoms with Crippen LogP contribution in [0.2, 0.25) is 0 Å². The molecule has 2 amide bonds. The highest BCUT2D eigenvalue weighted by Gasteiger charge is 2.43. The summed E-state index contributed by atoms with van der Waals surface area (Å²) in [5.74, 6) is -1.60. The maximum absolute atomic E-state index is 12.8. The van der Waals surface area contributed by atoms with Gasteiger partial charge in [-0.3, -0.25) is 4.79 Å². The van der Waals surface area contributed by atoms with Crippen LogP contribution in [0.3, 0.4) is 0 Å². The van der Waals surface area contributed by atoms with Gasteiger partial charge in [0, 0.05) is 25.4 Å². The number of hydrogen-bond donors (Lipinski definition) is 3. The number of aliphatic hydroxyl groups excluding tert-OH is 1. The Morgan fingerprint density at radius 3 is 2.34 bits per heavy atom. The summed E-state index contributed by atoms with van der Waals surface area (Å²) in [6.45, 7) is 0.379. The van der Waals surface area contributed by atoms with Crippen LogP contribution in [-0.4, -0.2) is 77.1 Å². The highest BCUT2D eigenvalue weighted by atomic mass is 16.6. The van der Waals surface area contributed by atoms with Crippen molar-refractivity contribution in [3.8, 4) is 11.1 Å². The predicted molar refractivity (Wildman–Crippen MR) is 125 cm³/mol. The van der Waals surface area contributed by atoms with Gasteiger partial charge in [-0.25, -0.2) is 9.59 Å². The summed E-state index contributed by atoms with van der Waals surface area (Å²) < 4.78 is 11.3. The van der Waals surface area contributed by atoms with Crippen molar-refractivity contribution in [2.75, 3.05) is 19.7 Å². The molecule has 35 heavy (non-hydrogen) atoms. The first-order valence-electron chi connectivity index (χ1n) is 11.9. The van der Waals surface area contributed by atoms with Crippen molar-refractivity contribution in [3.05, 3.63) is 59.7 Å². The Hall–Kier alpha value is -3.43. The number of amides is 2. The molecular weight excluding hydrogens is 452 g/mol. The van der Waals surface area contributed by atoms with Crippen LogP contribution in [-0.2, 0) is 19.1 Å². The van der Waals surface area contributed by atoms with E-state index >= 15 is 0 Å².